The van der Waals surface area contributed by atoms with E-state index in [1.807, 2.05) is 19.1 Å². The second-order valence-corrected chi connectivity index (χ2v) is 10.4. The summed E-state index contributed by atoms with van der Waals surface area (Å²) in [4.78, 5) is 26.9. The Labute approximate surface area is 194 Å². The van der Waals surface area contributed by atoms with Gasteiger partial charge in [0.2, 0.25) is 0 Å². The molecule has 0 aliphatic carbocycles. The molecule has 0 saturated carbocycles. The maximum atomic E-state index is 12.5. The predicted octanol–water partition coefficient (Wildman–Crippen LogP) is 4.17. The second-order valence-electron chi connectivity index (χ2n) is 8.73. The van der Waals surface area contributed by atoms with Gasteiger partial charge in [0.05, 0.1) is 4.90 Å². The fourth-order valence-electron chi connectivity index (χ4n) is 2.99. The molecule has 0 saturated heterocycles. The highest BCUT2D eigenvalue weighted by Crippen LogP contribution is 2.22. The molecule has 3 aromatic rings. The quantitative estimate of drug-likeness (QED) is 0.475. The number of sulfonamides is 1. The molecule has 0 spiro atoms. The van der Waals surface area contributed by atoms with E-state index in [-0.39, 0.29) is 21.8 Å². The van der Waals surface area contributed by atoms with Crippen LogP contribution in [0.15, 0.2) is 77.7 Å². The topological polar surface area (TPSA) is 104 Å². The van der Waals surface area contributed by atoms with E-state index in [0.29, 0.717) is 11.3 Å². The van der Waals surface area contributed by atoms with Crippen molar-refractivity contribution in [3.8, 4) is 0 Å². The van der Waals surface area contributed by atoms with Crippen molar-refractivity contribution in [3.05, 3.63) is 95.1 Å². The van der Waals surface area contributed by atoms with E-state index in [0.717, 1.165) is 11.1 Å². The Morgan fingerprint density at radius 1 is 0.727 bits per heavy atom. The van der Waals surface area contributed by atoms with E-state index in [2.05, 4.69) is 36.3 Å². The molecule has 0 fully saturated rings. The molecule has 2 amide bonds. The smallest absolute Gasteiger partial charge is 0.266 e. The molecule has 172 valence electrons. The van der Waals surface area contributed by atoms with Crippen molar-refractivity contribution in [1.82, 2.24) is 10.3 Å². The van der Waals surface area contributed by atoms with Crippen molar-refractivity contribution in [2.75, 3.05) is 5.32 Å². The number of hydrazine groups is 1. The number of anilines is 1. The highest BCUT2D eigenvalue weighted by atomic mass is 32.2. The van der Waals surface area contributed by atoms with E-state index >= 15 is 0 Å². The summed E-state index contributed by atoms with van der Waals surface area (Å²) in [5.41, 5.74) is 5.51. The standard InChI is InChI=1S/C25H27N3O4S/c1-17-5-15-22(16-6-17)33(31,32)28-27-24(30)19-9-13-21(14-10-19)26-23(29)18-7-11-20(12-8-18)25(2,3)4/h5-16,28H,1-4H3,(H,26,29)(H,27,30). The molecule has 3 rings (SSSR count). The summed E-state index contributed by atoms with van der Waals surface area (Å²) in [5, 5.41) is 2.78. The molecule has 33 heavy (non-hydrogen) atoms. The molecule has 0 radical (unpaired) electrons. The normalized spacial score (nSPS) is 11.6. The number of carbonyl (C=O) groups excluding carboxylic acids is 2. The monoisotopic (exact) mass is 465 g/mol. The van der Waals surface area contributed by atoms with Crippen molar-refractivity contribution in [1.29, 1.82) is 0 Å². The van der Waals surface area contributed by atoms with Crippen LogP contribution in [-0.4, -0.2) is 20.2 Å². The number of nitrogens with one attached hydrogen (secondary N) is 3. The van der Waals surface area contributed by atoms with Crippen LogP contribution in [-0.2, 0) is 15.4 Å². The molecule has 3 aromatic carbocycles. The van der Waals surface area contributed by atoms with Crippen LogP contribution < -0.4 is 15.6 Å². The van der Waals surface area contributed by atoms with Gasteiger partial charge in [0.25, 0.3) is 21.8 Å². The molecule has 0 aliphatic heterocycles. The molecule has 3 N–H and O–H groups in total. The minimum Gasteiger partial charge on any atom is -0.322 e. The molecule has 0 bridgehead atoms. The van der Waals surface area contributed by atoms with Gasteiger partial charge in [0.15, 0.2) is 0 Å². The van der Waals surface area contributed by atoms with Crippen LogP contribution in [0.25, 0.3) is 0 Å². The molecule has 0 aliphatic rings. The molecule has 0 unspecified atom stereocenters. The van der Waals surface area contributed by atoms with E-state index in [4.69, 9.17) is 0 Å². The van der Waals surface area contributed by atoms with Crippen molar-refractivity contribution in [2.24, 2.45) is 0 Å². The van der Waals surface area contributed by atoms with E-state index < -0.39 is 15.9 Å². The highest BCUT2D eigenvalue weighted by molar-refractivity contribution is 7.89. The third-order valence-corrected chi connectivity index (χ3v) is 6.31. The summed E-state index contributed by atoms with van der Waals surface area (Å²) >= 11 is 0. The Bertz CT molecular complexity index is 1240. The molecule has 0 atom stereocenters. The van der Waals surface area contributed by atoms with Gasteiger partial charge in [-0.2, -0.15) is 0 Å². The Hall–Kier alpha value is -3.49. The van der Waals surface area contributed by atoms with Crippen LogP contribution in [0.5, 0.6) is 0 Å². The number of amides is 2. The average molecular weight is 466 g/mol. The predicted molar refractivity (Wildman–Crippen MR) is 129 cm³/mol. The maximum Gasteiger partial charge on any atom is 0.266 e. The Kier molecular flexibility index (Phi) is 7.00. The molecule has 0 aromatic heterocycles. The van der Waals surface area contributed by atoms with Crippen LogP contribution in [0, 0.1) is 6.92 Å². The summed E-state index contributed by atoms with van der Waals surface area (Å²) in [6, 6.07) is 19.8. The molecule has 0 heterocycles. The largest absolute Gasteiger partial charge is 0.322 e. The summed E-state index contributed by atoms with van der Waals surface area (Å²) in [5.74, 6) is -0.889. The second kappa shape index (κ2) is 9.56. The summed E-state index contributed by atoms with van der Waals surface area (Å²) in [6.07, 6.45) is 0. The van der Waals surface area contributed by atoms with Gasteiger partial charge in [0.1, 0.15) is 0 Å². The zero-order valence-electron chi connectivity index (χ0n) is 19.0. The first-order chi connectivity index (χ1) is 15.5. The summed E-state index contributed by atoms with van der Waals surface area (Å²) < 4.78 is 24.6. The molecular formula is C25H27N3O4S. The number of benzene rings is 3. The maximum absolute atomic E-state index is 12.5. The Balaban J connectivity index is 1.59. The summed E-state index contributed by atoms with van der Waals surface area (Å²) in [6.45, 7) is 8.16. The van der Waals surface area contributed by atoms with Crippen molar-refractivity contribution < 1.29 is 18.0 Å². The summed E-state index contributed by atoms with van der Waals surface area (Å²) in [7, 11) is -3.89. The van der Waals surface area contributed by atoms with Gasteiger partial charge in [-0.05, 0) is 66.4 Å². The number of rotatable bonds is 6. The number of hydrogen-bond acceptors (Lipinski definition) is 4. The zero-order valence-corrected chi connectivity index (χ0v) is 19.8. The first-order valence-corrected chi connectivity index (χ1v) is 11.8. The Morgan fingerprint density at radius 3 is 1.79 bits per heavy atom. The Morgan fingerprint density at radius 2 is 1.24 bits per heavy atom. The van der Waals surface area contributed by atoms with E-state index in [1.165, 1.54) is 24.3 Å². The lowest BCUT2D eigenvalue weighted by atomic mass is 9.87. The molecule has 8 heteroatoms. The van der Waals surface area contributed by atoms with Crippen molar-refractivity contribution in [3.63, 3.8) is 0 Å². The van der Waals surface area contributed by atoms with Crippen molar-refractivity contribution >= 4 is 27.5 Å². The van der Waals surface area contributed by atoms with E-state index in [1.54, 1.807) is 36.4 Å². The first-order valence-electron chi connectivity index (χ1n) is 10.4. The fourth-order valence-corrected chi connectivity index (χ4v) is 3.83. The molecular weight excluding hydrogens is 438 g/mol. The first kappa shape index (κ1) is 24.2. The number of aryl methyl sites for hydroxylation is 1. The van der Waals surface area contributed by atoms with Gasteiger partial charge in [-0.15, -0.1) is 4.83 Å². The number of hydrogen-bond donors (Lipinski definition) is 3. The van der Waals surface area contributed by atoms with Crippen LogP contribution in [0.1, 0.15) is 52.6 Å². The van der Waals surface area contributed by atoms with Gasteiger partial charge < -0.3 is 5.32 Å². The van der Waals surface area contributed by atoms with Gasteiger partial charge in [0, 0.05) is 16.8 Å². The number of carbonyl (C=O) groups is 2. The lowest BCUT2D eigenvalue weighted by molar-refractivity contribution is 0.0944. The third kappa shape index (κ3) is 6.27. The van der Waals surface area contributed by atoms with Crippen molar-refractivity contribution in [2.45, 2.75) is 38.0 Å². The lowest BCUT2D eigenvalue weighted by Crippen LogP contribution is -2.41. The van der Waals surface area contributed by atoms with Gasteiger partial charge in [-0.3, -0.25) is 15.0 Å². The third-order valence-electron chi connectivity index (χ3n) is 5.05. The average Bonchev–Trinajstić information content (AvgIpc) is 2.78. The van der Waals surface area contributed by atoms with Crippen LogP contribution in [0.2, 0.25) is 0 Å². The lowest BCUT2D eigenvalue weighted by Gasteiger charge is -2.19. The SMILES string of the molecule is Cc1ccc(S(=O)(=O)NNC(=O)c2ccc(NC(=O)c3ccc(C(C)(C)C)cc3)cc2)cc1. The van der Waals surface area contributed by atoms with Gasteiger partial charge in [-0.25, -0.2) is 8.42 Å². The minimum atomic E-state index is -3.89. The highest BCUT2D eigenvalue weighted by Gasteiger charge is 2.16. The fraction of sp³-hybridized carbons (Fsp3) is 0.200. The zero-order chi connectivity index (χ0) is 24.2. The van der Waals surface area contributed by atoms with E-state index in [9.17, 15) is 18.0 Å². The van der Waals surface area contributed by atoms with Crippen LogP contribution in [0.3, 0.4) is 0 Å². The van der Waals surface area contributed by atoms with Gasteiger partial charge in [-0.1, -0.05) is 50.6 Å². The van der Waals surface area contributed by atoms with Gasteiger partial charge >= 0.3 is 0 Å². The minimum absolute atomic E-state index is 0.000262. The van der Waals surface area contributed by atoms with Crippen LogP contribution in [0.4, 0.5) is 5.69 Å². The molecule has 7 nitrogen and oxygen atoms in total. The van der Waals surface area contributed by atoms with Crippen LogP contribution >= 0.6 is 0 Å².